The molecule has 0 spiro atoms. The zero-order valence-corrected chi connectivity index (χ0v) is 11.8. The van der Waals surface area contributed by atoms with E-state index in [-0.39, 0.29) is 24.7 Å². The van der Waals surface area contributed by atoms with Crippen molar-refractivity contribution in [3.05, 3.63) is 22.2 Å². The van der Waals surface area contributed by atoms with Gasteiger partial charge in [-0.1, -0.05) is 0 Å². The smallest absolute Gasteiger partial charge is 0.366 e. The highest BCUT2D eigenvalue weighted by molar-refractivity contribution is 6.01. The maximum absolute atomic E-state index is 11.9. The van der Waals surface area contributed by atoms with Crippen molar-refractivity contribution in [2.24, 2.45) is 0 Å². The van der Waals surface area contributed by atoms with Crippen LogP contribution in [-0.4, -0.2) is 55.1 Å². The summed E-state index contributed by atoms with van der Waals surface area (Å²) >= 11 is 0. The summed E-state index contributed by atoms with van der Waals surface area (Å²) in [6.45, 7) is 0.0805. The van der Waals surface area contributed by atoms with Crippen molar-refractivity contribution in [3.63, 3.8) is 0 Å². The molecule has 1 aliphatic heterocycles. The van der Waals surface area contributed by atoms with E-state index in [0.29, 0.717) is 13.2 Å². The summed E-state index contributed by atoms with van der Waals surface area (Å²) in [5.41, 5.74) is 0. The quantitative estimate of drug-likeness (QED) is 0.426. The van der Waals surface area contributed by atoms with Gasteiger partial charge in [-0.3, -0.25) is 14.5 Å². The zero-order valence-electron chi connectivity index (χ0n) is 11.8. The first-order valence-electron chi connectivity index (χ1n) is 6.37. The molecule has 10 heteroatoms. The molecular weight excluding hydrogens is 296 g/mol. The highest BCUT2D eigenvalue weighted by atomic mass is 16.6. The van der Waals surface area contributed by atoms with E-state index in [4.69, 9.17) is 9.47 Å². The number of nitrogens with one attached hydrogen (secondary N) is 1. The Labute approximate surface area is 125 Å². The maximum atomic E-state index is 11.9. The number of fused-ring (bicyclic) bond motifs is 1. The van der Waals surface area contributed by atoms with Crippen LogP contribution < -0.4 is 15.0 Å². The van der Waals surface area contributed by atoms with E-state index in [1.165, 1.54) is 19.2 Å². The van der Waals surface area contributed by atoms with Gasteiger partial charge in [0.15, 0.2) is 12.4 Å². The summed E-state index contributed by atoms with van der Waals surface area (Å²) in [6, 6.07) is 2.52. The molecule has 22 heavy (non-hydrogen) atoms. The van der Waals surface area contributed by atoms with Crippen LogP contribution in [0.1, 0.15) is 0 Å². The third-order valence-electron chi connectivity index (χ3n) is 2.85. The van der Waals surface area contributed by atoms with Gasteiger partial charge in [0, 0.05) is 19.7 Å². The van der Waals surface area contributed by atoms with Crippen molar-refractivity contribution >= 4 is 23.5 Å². The average molecular weight is 310 g/mol. The Kier molecular flexibility index (Phi) is 4.84. The lowest BCUT2D eigenvalue weighted by Crippen LogP contribution is -2.46. The van der Waals surface area contributed by atoms with Crippen molar-refractivity contribution < 1.29 is 24.0 Å². The van der Waals surface area contributed by atoms with Crippen LogP contribution in [0.5, 0.6) is 5.75 Å². The van der Waals surface area contributed by atoms with E-state index in [1.807, 2.05) is 0 Å². The van der Waals surface area contributed by atoms with E-state index < -0.39 is 22.6 Å². The first kappa shape index (κ1) is 15.6. The molecule has 1 aromatic heterocycles. The standard InChI is InChI=1S/C12H14N4O6/c1-21-5-4-13-10(17)6-15-11(18)7-22-8-2-3-9(16(19)20)14-12(8)15/h2-3H,4-7H2,1H3,(H,13,17). The number of amides is 2. The minimum Gasteiger partial charge on any atom is -0.477 e. The summed E-state index contributed by atoms with van der Waals surface area (Å²) in [5, 5.41) is 13.3. The maximum Gasteiger partial charge on any atom is 0.366 e. The highest BCUT2D eigenvalue weighted by Crippen LogP contribution is 2.31. The Balaban J connectivity index is 2.17. The predicted molar refractivity (Wildman–Crippen MR) is 73.6 cm³/mol. The molecule has 118 valence electrons. The van der Waals surface area contributed by atoms with Gasteiger partial charge in [-0.2, -0.15) is 0 Å². The molecule has 1 N–H and O–H groups in total. The van der Waals surface area contributed by atoms with Crippen molar-refractivity contribution in [1.82, 2.24) is 10.3 Å². The monoisotopic (exact) mass is 310 g/mol. The molecule has 0 saturated heterocycles. The molecule has 2 amide bonds. The summed E-state index contributed by atoms with van der Waals surface area (Å²) in [7, 11) is 1.50. The van der Waals surface area contributed by atoms with Crippen LogP contribution in [-0.2, 0) is 14.3 Å². The number of hydrogen-bond acceptors (Lipinski definition) is 7. The van der Waals surface area contributed by atoms with Gasteiger partial charge in [0.25, 0.3) is 11.7 Å². The van der Waals surface area contributed by atoms with Gasteiger partial charge in [-0.05, 0) is 16.0 Å². The number of hydrogen-bond donors (Lipinski definition) is 1. The predicted octanol–water partition coefficient (Wildman–Crippen LogP) is -0.522. The third-order valence-corrected chi connectivity index (χ3v) is 2.85. The Morgan fingerprint density at radius 2 is 2.36 bits per heavy atom. The summed E-state index contributed by atoms with van der Waals surface area (Å²) < 4.78 is 9.95. The van der Waals surface area contributed by atoms with Crippen LogP contribution in [0, 0.1) is 10.1 Å². The third kappa shape index (κ3) is 3.47. The number of nitro groups is 1. The molecule has 10 nitrogen and oxygen atoms in total. The Bertz CT molecular complexity index is 605. The van der Waals surface area contributed by atoms with Crippen molar-refractivity contribution in [2.45, 2.75) is 0 Å². The number of aromatic nitrogens is 1. The van der Waals surface area contributed by atoms with Gasteiger partial charge >= 0.3 is 5.82 Å². The highest BCUT2D eigenvalue weighted by Gasteiger charge is 2.33. The van der Waals surface area contributed by atoms with Crippen LogP contribution in [0.25, 0.3) is 0 Å². The Hall–Kier alpha value is -2.75. The lowest BCUT2D eigenvalue weighted by atomic mass is 10.3. The molecule has 0 aromatic carbocycles. The van der Waals surface area contributed by atoms with E-state index in [9.17, 15) is 19.7 Å². The number of nitrogens with zero attached hydrogens (tertiary/aromatic N) is 3. The number of anilines is 1. The van der Waals surface area contributed by atoms with Crippen LogP contribution in [0.15, 0.2) is 12.1 Å². The first-order chi connectivity index (χ1) is 10.5. The number of ether oxygens (including phenoxy) is 2. The molecule has 0 atom stereocenters. The topological polar surface area (TPSA) is 124 Å². The molecule has 1 aromatic rings. The molecule has 2 rings (SSSR count). The van der Waals surface area contributed by atoms with Crippen LogP contribution in [0.3, 0.4) is 0 Å². The molecule has 2 heterocycles. The molecule has 0 fully saturated rings. The van der Waals surface area contributed by atoms with Gasteiger partial charge in [0.1, 0.15) is 6.54 Å². The zero-order chi connectivity index (χ0) is 16.1. The molecule has 1 aliphatic rings. The lowest BCUT2D eigenvalue weighted by molar-refractivity contribution is -0.389. The molecular formula is C12H14N4O6. The van der Waals surface area contributed by atoms with E-state index in [2.05, 4.69) is 10.3 Å². The number of carbonyl (C=O) groups excluding carboxylic acids is 2. The van der Waals surface area contributed by atoms with Gasteiger partial charge in [-0.25, -0.2) is 0 Å². The largest absolute Gasteiger partial charge is 0.477 e. The molecule has 0 unspecified atom stereocenters. The van der Waals surface area contributed by atoms with Crippen LogP contribution in [0.2, 0.25) is 0 Å². The normalized spacial score (nSPS) is 13.3. The van der Waals surface area contributed by atoms with Gasteiger partial charge in [0.05, 0.1) is 6.61 Å². The molecule has 0 aliphatic carbocycles. The SMILES string of the molecule is COCCNC(=O)CN1C(=O)COc2ccc([N+](=O)[O-])nc21. The average Bonchev–Trinajstić information content (AvgIpc) is 2.50. The van der Waals surface area contributed by atoms with Gasteiger partial charge in [-0.15, -0.1) is 0 Å². The second kappa shape index (κ2) is 6.80. The van der Waals surface area contributed by atoms with E-state index in [0.717, 1.165) is 4.90 Å². The fraction of sp³-hybridized carbons (Fsp3) is 0.417. The molecule has 0 radical (unpaired) electrons. The van der Waals surface area contributed by atoms with Crippen molar-refractivity contribution in [2.75, 3.05) is 38.3 Å². The second-order valence-electron chi connectivity index (χ2n) is 4.36. The number of methoxy groups -OCH3 is 1. The van der Waals surface area contributed by atoms with Crippen molar-refractivity contribution in [3.8, 4) is 5.75 Å². The minimum absolute atomic E-state index is 0.0349. The summed E-state index contributed by atoms with van der Waals surface area (Å²) in [4.78, 5) is 38.6. The minimum atomic E-state index is -0.684. The van der Waals surface area contributed by atoms with Crippen LogP contribution >= 0.6 is 0 Å². The van der Waals surface area contributed by atoms with E-state index >= 15 is 0 Å². The number of rotatable bonds is 6. The number of pyridine rings is 1. The van der Waals surface area contributed by atoms with Crippen LogP contribution in [0.4, 0.5) is 11.6 Å². The first-order valence-corrected chi connectivity index (χ1v) is 6.37. The lowest BCUT2D eigenvalue weighted by Gasteiger charge is -2.24. The summed E-state index contributed by atoms with van der Waals surface area (Å²) in [6.07, 6.45) is 0. The molecule has 0 saturated carbocycles. The van der Waals surface area contributed by atoms with Gasteiger partial charge < -0.3 is 24.9 Å². The van der Waals surface area contributed by atoms with E-state index in [1.54, 1.807) is 0 Å². The Morgan fingerprint density at radius 1 is 1.59 bits per heavy atom. The fourth-order valence-electron chi connectivity index (χ4n) is 1.82. The Morgan fingerprint density at radius 3 is 3.05 bits per heavy atom. The summed E-state index contributed by atoms with van der Waals surface area (Å²) in [5.74, 6) is -1.17. The fourth-order valence-corrected chi connectivity index (χ4v) is 1.82. The van der Waals surface area contributed by atoms with Crippen molar-refractivity contribution in [1.29, 1.82) is 0 Å². The number of carbonyl (C=O) groups is 2. The second-order valence-corrected chi connectivity index (χ2v) is 4.36. The molecule has 0 bridgehead atoms. The van der Waals surface area contributed by atoms with Gasteiger partial charge in [0.2, 0.25) is 5.91 Å².